The number of rotatable bonds is 5. The highest BCUT2D eigenvalue weighted by Gasteiger charge is 2.15. The zero-order valence-corrected chi connectivity index (χ0v) is 13.9. The lowest BCUT2D eigenvalue weighted by molar-refractivity contribution is 0.0783. The van der Waals surface area contributed by atoms with E-state index >= 15 is 0 Å². The number of ether oxygens (including phenoxy) is 2. The SMILES string of the molecule is COc1ccc(CN(C)C(=O)c2ccc3nccn3c2)c(OC)c1. The molecule has 3 aromatic rings. The average molecular weight is 325 g/mol. The highest BCUT2D eigenvalue weighted by Crippen LogP contribution is 2.25. The average Bonchev–Trinajstić information content (AvgIpc) is 3.08. The van der Waals surface area contributed by atoms with E-state index in [2.05, 4.69) is 4.98 Å². The summed E-state index contributed by atoms with van der Waals surface area (Å²) in [6.07, 6.45) is 5.31. The summed E-state index contributed by atoms with van der Waals surface area (Å²) in [6.45, 7) is 0.438. The number of amides is 1. The Labute approximate surface area is 140 Å². The summed E-state index contributed by atoms with van der Waals surface area (Å²) in [4.78, 5) is 18.5. The monoisotopic (exact) mass is 325 g/mol. The summed E-state index contributed by atoms with van der Waals surface area (Å²) in [5.74, 6) is 1.35. The molecule has 0 bridgehead atoms. The van der Waals surface area contributed by atoms with Gasteiger partial charge in [0.25, 0.3) is 5.91 Å². The molecular formula is C18H19N3O3. The first-order valence-corrected chi connectivity index (χ1v) is 7.51. The fourth-order valence-electron chi connectivity index (χ4n) is 2.58. The molecule has 1 aromatic carbocycles. The lowest BCUT2D eigenvalue weighted by Gasteiger charge is -2.19. The van der Waals surface area contributed by atoms with Gasteiger partial charge in [0.2, 0.25) is 0 Å². The highest BCUT2D eigenvalue weighted by atomic mass is 16.5. The normalized spacial score (nSPS) is 10.6. The summed E-state index contributed by atoms with van der Waals surface area (Å²) in [5.41, 5.74) is 2.33. The molecule has 2 heterocycles. The van der Waals surface area contributed by atoms with E-state index in [1.165, 1.54) is 0 Å². The second-order valence-corrected chi connectivity index (χ2v) is 5.45. The Hall–Kier alpha value is -3.02. The van der Waals surface area contributed by atoms with Crippen LogP contribution >= 0.6 is 0 Å². The predicted molar refractivity (Wildman–Crippen MR) is 90.5 cm³/mol. The Kier molecular flexibility index (Phi) is 4.37. The second-order valence-electron chi connectivity index (χ2n) is 5.45. The van der Waals surface area contributed by atoms with Crippen molar-refractivity contribution in [2.45, 2.75) is 6.54 Å². The smallest absolute Gasteiger partial charge is 0.255 e. The molecule has 0 N–H and O–H groups in total. The number of carbonyl (C=O) groups is 1. The van der Waals surface area contributed by atoms with Crippen molar-refractivity contribution >= 4 is 11.6 Å². The van der Waals surface area contributed by atoms with E-state index in [9.17, 15) is 4.79 Å². The van der Waals surface area contributed by atoms with E-state index in [1.54, 1.807) is 44.6 Å². The zero-order valence-electron chi connectivity index (χ0n) is 13.9. The number of carbonyl (C=O) groups excluding carboxylic acids is 1. The van der Waals surface area contributed by atoms with Gasteiger partial charge < -0.3 is 18.8 Å². The minimum absolute atomic E-state index is 0.0662. The van der Waals surface area contributed by atoms with Crippen LogP contribution in [0.5, 0.6) is 11.5 Å². The van der Waals surface area contributed by atoms with Crippen LogP contribution in [0.3, 0.4) is 0 Å². The topological polar surface area (TPSA) is 56.1 Å². The highest BCUT2D eigenvalue weighted by molar-refractivity contribution is 5.94. The first kappa shape index (κ1) is 15.9. The molecule has 6 nitrogen and oxygen atoms in total. The first-order chi connectivity index (χ1) is 11.6. The number of nitrogens with zero attached hydrogens (tertiary/aromatic N) is 3. The van der Waals surface area contributed by atoms with E-state index in [1.807, 2.05) is 34.9 Å². The van der Waals surface area contributed by atoms with Gasteiger partial charge in [-0.05, 0) is 24.3 Å². The minimum atomic E-state index is -0.0662. The van der Waals surface area contributed by atoms with Gasteiger partial charge in [0.15, 0.2) is 0 Å². The Bertz CT molecular complexity index is 873. The van der Waals surface area contributed by atoms with Crippen LogP contribution in [0.25, 0.3) is 5.65 Å². The van der Waals surface area contributed by atoms with Gasteiger partial charge in [-0.25, -0.2) is 4.98 Å². The van der Waals surface area contributed by atoms with Crippen molar-refractivity contribution in [2.24, 2.45) is 0 Å². The van der Waals surface area contributed by atoms with Gasteiger partial charge >= 0.3 is 0 Å². The number of imidazole rings is 1. The molecule has 6 heteroatoms. The minimum Gasteiger partial charge on any atom is -0.497 e. The van der Waals surface area contributed by atoms with E-state index < -0.39 is 0 Å². The number of hydrogen-bond donors (Lipinski definition) is 0. The molecular weight excluding hydrogens is 306 g/mol. The second kappa shape index (κ2) is 6.62. The number of fused-ring (bicyclic) bond motifs is 1. The van der Waals surface area contributed by atoms with Crippen molar-refractivity contribution in [3.63, 3.8) is 0 Å². The fourth-order valence-corrected chi connectivity index (χ4v) is 2.58. The van der Waals surface area contributed by atoms with Crippen molar-refractivity contribution in [2.75, 3.05) is 21.3 Å². The van der Waals surface area contributed by atoms with Crippen molar-refractivity contribution < 1.29 is 14.3 Å². The van der Waals surface area contributed by atoms with Gasteiger partial charge in [-0.2, -0.15) is 0 Å². The van der Waals surface area contributed by atoms with Crippen LogP contribution in [0.15, 0.2) is 48.9 Å². The van der Waals surface area contributed by atoms with Gasteiger partial charge in [-0.3, -0.25) is 4.79 Å². The van der Waals surface area contributed by atoms with E-state index in [4.69, 9.17) is 9.47 Å². The number of benzene rings is 1. The number of pyridine rings is 1. The first-order valence-electron chi connectivity index (χ1n) is 7.51. The molecule has 1 amide bonds. The maximum Gasteiger partial charge on any atom is 0.255 e. The number of hydrogen-bond acceptors (Lipinski definition) is 4. The van der Waals surface area contributed by atoms with Gasteiger partial charge in [0, 0.05) is 43.8 Å². The van der Waals surface area contributed by atoms with Crippen molar-refractivity contribution in [1.82, 2.24) is 14.3 Å². The molecule has 0 spiro atoms. The van der Waals surface area contributed by atoms with Crippen molar-refractivity contribution in [3.05, 3.63) is 60.0 Å². The summed E-state index contributed by atoms with van der Waals surface area (Å²) in [6, 6.07) is 9.18. The number of methoxy groups -OCH3 is 2. The lowest BCUT2D eigenvalue weighted by atomic mass is 10.1. The van der Waals surface area contributed by atoms with Crippen LogP contribution in [0, 0.1) is 0 Å². The molecule has 0 aliphatic heterocycles. The molecule has 0 fully saturated rings. The molecule has 0 atom stereocenters. The van der Waals surface area contributed by atoms with Crippen LogP contribution in [0.1, 0.15) is 15.9 Å². The molecule has 2 aromatic heterocycles. The van der Waals surface area contributed by atoms with Crippen LogP contribution in [-0.2, 0) is 6.54 Å². The Morgan fingerprint density at radius 3 is 2.79 bits per heavy atom. The van der Waals surface area contributed by atoms with Crippen LogP contribution < -0.4 is 9.47 Å². The molecule has 24 heavy (non-hydrogen) atoms. The fraction of sp³-hybridized carbons (Fsp3) is 0.222. The van der Waals surface area contributed by atoms with E-state index in [0.29, 0.717) is 17.9 Å². The van der Waals surface area contributed by atoms with Gasteiger partial charge in [0.1, 0.15) is 17.1 Å². The molecule has 0 saturated carbocycles. The Balaban J connectivity index is 1.81. The summed E-state index contributed by atoms with van der Waals surface area (Å²) in [5, 5.41) is 0. The standard InChI is InChI=1S/C18H19N3O3/c1-20(11-13-4-6-15(23-2)10-16(13)24-3)18(22)14-5-7-17-19-8-9-21(17)12-14/h4-10,12H,11H2,1-3H3. The largest absolute Gasteiger partial charge is 0.497 e. The number of aromatic nitrogens is 2. The quantitative estimate of drug-likeness (QED) is 0.723. The van der Waals surface area contributed by atoms with Gasteiger partial charge in [-0.15, -0.1) is 0 Å². The van der Waals surface area contributed by atoms with Crippen molar-refractivity contribution in [1.29, 1.82) is 0 Å². The van der Waals surface area contributed by atoms with Crippen LogP contribution in [0.2, 0.25) is 0 Å². The molecule has 0 aliphatic carbocycles. The zero-order chi connectivity index (χ0) is 17.1. The Morgan fingerprint density at radius 2 is 2.04 bits per heavy atom. The summed E-state index contributed by atoms with van der Waals surface area (Å²) in [7, 11) is 4.98. The van der Waals surface area contributed by atoms with E-state index in [-0.39, 0.29) is 5.91 Å². The molecule has 124 valence electrons. The third-order valence-corrected chi connectivity index (χ3v) is 3.88. The van der Waals surface area contributed by atoms with Crippen LogP contribution in [0.4, 0.5) is 0 Å². The molecule has 3 rings (SSSR count). The predicted octanol–water partition coefficient (Wildman–Crippen LogP) is 2.62. The molecule has 0 aliphatic rings. The summed E-state index contributed by atoms with van der Waals surface area (Å²) < 4.78 is 12.4. The van der Waals surface area contributed by atoms with E-state index in [0.717, 1.165) is 17.0 Å². The maximum absolute atomic E-state index is 12.7. The van der Waals surface area contributed by atoms with Gasteiger partial charge in [0.05, 0.1) is 19.8 Å². The van der Waals surface area contributed by atoms with Crippen molar-refractivity contribution in [3.8, 4) is 11.5 Å². The van der Waals surface area contributed by atoms with Crippen LogP contribution in [-0.4, -0.2) is 41.5 Å². The molecule has 0 unspecified atom stereocenters. The third-order valence-electron chi connectivity index (χ3n) is 3.88. The lowest BCUT2D eigenvalue weighted by Crippen LogP contribution is -2.26. The van der Waals surface area contributed by atoms with Gasteiger partial charge in [-0.1, -0.05) is 0 Å². The maximum atomic E-state index is 12.7. The summed E-state index contributed by atoms with van der Waals surface area (Å²) >= 11 is 0. The molecule has 0 radical (unpaired) electrons. The third kappa shape index (κ3) is 3.03. The molecule has 0 saturated heterocycles. The Morgan fingerprint density at radius 1 is 1.21 bits per heavy atom.